The number of carbonyl (C=O) groups is 1. The molecule has 1 aliphatic rings. The van der Waals surface area contributed by atoms with Gasteiger partial charge < -0.3 is 10.6 Å². The van der Waals surface area contributed by atoms with Crippen LogP contribution in [0.25, 0.3) is 0 Å². The monoisotopic (exact) mass is 266 g/mol. The topological polar surface area (TPSA) is 41.1 Å². The Labute approximate surface area is 106 Å². The summed E-state index contributed by atoms with van der Waals surface area (Å²) in [6.45, 7) is 3.06. The van der Waals surface area contributed by atoms with Crippen LogP contribution in [-0.4, -0.2) is 30.7 Å². The van der Waals surface area contributed by atoms with E-state index in [-0.39, 0.29) is 6.04 Å². The van der Waals surface area contributed by atoms with E-state index < -0.39 is 18.5 Å². The van der Waals surface area contributed by atoms with E-state index >= 15 is 0 Å². The second-order valence-corrected chi connectivity index (χ2v) is 4.86. The molecule has 1 rings (SSSR count). The Bertz CT molecular complexity index is 261. The van der Waals surface area contributed by atoms with Crippen LogP contribution in [0.4, 0.5) is 13.2 Å². The van der Waals surface area contributed by atoms with E-state index in [2.05, 4.69) is 17.6 Å². The molecule has 2 N–H and O–H groups in total. The number of amides is 1. The Morgan fingerprint density at radius 1 is 1.17 bits per heavy atom. The second kappa shape index (κ2) is 6.97. The summed E-state index contributed by atoms with van der Waals surface area (Å²) < 4.78 is 36.0. The van der Waals surface area contributed by atoms with Gasteiger partial charge in [-0.2, -0.15) is 13.2 Å². The molecule has 0 spiro atoms. The maximum Gasteiger partial charge on any atom is 0.397 e. The van der Waals surface area contributed by atoms with Gasteiger partial charge in [-0.05, 0) is 38.6 Å². The SMILES string of the molecule is CCCNC1CCC(NC(=O)CC(F)(F)F)CC1. The fourth-order valence-corrected chi connectivity index (χ4v) is 2.25. The molecule has 6 heteroatoms. The minimum atomic E-state index is -4.41. The van der Waals surface area contributed by atoms with Crippen molar-refractivity contribution in [3.8, 4) is 0 Å². The van der Waals surface area contributed by atoms with Crippen molar-refractivity contribution in [2.24, 2.45) is 0 Å². The molecule has 106 valence electrons. The van der Waals surface area contributed by atoms with Gasteiger partial charge >= 0.3 is 6.18 Å². The first kappa shape index (κ1) is 15.3. The molecule has 0 aliphatic heterocycles. The van der Waals surface area contributed by atoms with E-state index in [0.717, 1.165) is 38.6 Å². The third kappa shape index (κ3) is 6.23. The fourth-order valence-electron chi connectivity index (χ4n) is 2.25. The summed E-state index contributed by atoms with van der Waals surface area (Å²) >= 11 is 0. The van der Waals surface area contributed by atoms with Crippen LogP contribution in [0.3, 0.4) is 0 Å². The molecule has 1 aliphatic carbocycles. The van der Waals surface area contributed by atoms with Crippen LogP contribution in [0.5, 0.6) is 0 Å². The molecule has 0 aromatic heterocycles. The highest BCUT2D eigenvalue weighted by molar-refractivity contribution is 5.76. The van der Waals surface area contributed by atoms with Crippen LogP contribution in [0.2, 0.25) is 0 Å². The molecular weight excluding hydrogens is 245 g/mol. The van der Waals surface area contributed by atoms with Gasteiger partial charge in [-0.25, -0.2) is 0 Å². The fraction of sp³-hybridized carbons (Fsp3) is 0.917. The van der Waals surface area contributed by atoms with Gasteiger partial charge in [0.2, 0.25) is 5.91 Å². The maximum atomic E-state index is 12.0. The molecule has 0 unspecified atom stereocenters. The lowest BCUT2D eigenvalue weighted by Gasteiger charge is -2.29. The number of hydrogen-bond acceptors (Lipinski definition) is 2. The summed E-state index contributed by atoms with van der Waals surface area (Å²) in [4.78, 5) is 11.1. The number of nitrogens with one attached hydrogen (secondary N) is 2. The van der Waals surface area contributed by atoms with Crippen LogP contribution in [0.15, 0.2) is 0 Å². The molecule has 1 fully saturated rings. The summed E-state index contributed by atoms with van der Waals surface area (Å²) in [7, 11) is 0. The van der Waals surface area contributed by atoms with E-state index in [4.69, 9.17) is 0 Å². The maximum absolute atomic E-state index is 12.0. The van der Waals surface area contributed by atoms with Crippen LogP contribution in [-0.2, 0) is 4.79 Å². The zero-order valence-corrected chi connectivity index (χ0v) is 10.6. The van der Waals surface area contributed by atoms with Crippen molar-refractivity contribution in [2.45, 2.75) is 63.7 Å². The van der Waals surface area contributed by atoms with Gasteiger partial charge in [-0.15, -0.1) is 0 Å². The van der Waals surface area contributed by atoms with Crippen molar-refractivity contribution in [1.29, 1.82) is 0 Å². The number of halogens is 3. The molecule has 1 saturated carbocycles. The number of alkyl halides is 3. The summed E-state index contributed by atoms with van der Waals surface area (Å²) in [5.41, 5.74) is 0. The van der Waals surface area contributed by atoms with E-state index in [9.17, 15) is 18.0 Å². The van der Waals surface area contributed by atoms with Crippen molar-refractivity contribution < 1.29 is 18.0 Å². The lowest BCUT2D eigenvalue weighted by molar-refractivity contribution is -0.154. The highest BCUT2D eigenvalue weighted by atomic mass is 19.4. The summed E-state index contributed by atoms with van der Waals surface area (Å²) in [6.07, 6.45) is -1.38. The highest BCUT2D eigenvalue weighted by Crippen LogP contribution is 2.21. The van der Waals surface area contributed by atoms with Crippen LogP contribution < -0.4 is 10.6 Å². The van der Waals surface area contributed by atoms with E-state index in [1.165, 1.54) is 0 Å². The lowest BCUT2D eigenvalue weighted by atomic mass is 9.91. The average molecular weight is 266 g/mol. The van der Waals surface area contributed by atoms with Gasteiger partial charge in [0.05, 0.1) is 0 Å². The predicted octanol–water partition coefficient (Wildman–Crippen LogP) is 2.37. The Hall–Kier alpha value is -0.780. The molecule has 18 heavy (non-hydrogen) atoms. The van der Waals surface area contributed by atoms with Crippen LogP contribution in [0.1, 0.15) is 45.4 Å². The number of carbonyl (C=O) groups excluding carboxylic acids is 1. The van der Waals surface area contributed by atoms with E-state index in [1.54, 1.807) is 0 Å². The predicted molar refractivity (Wildman–Crippen MR) is 63.2 cm³/mol. The largest absolute Gasteiger partial charge is 0.397 e. The second-order valence-electron chi connectivity index (χ2n) is 4.86. The third-order valence-corrected chi connectivity index (χ3v) is 3.14. The minimum Gasteiger partial charge on any atom is -0.353 e. The Kier molecular flexibility index (Phi) is 5.91. The van der Waals surface area contributed by atoms with Gasteiger partial charge in [0.25, 0.3) is 0 Å². The molecule has 0 bridgehead atoms. The van der Waals surface area contributed by atoms with Crippen LogP contribution >= 0.6 is 0 Å². The molecular formula is C12H21F3N2O. The number of hydrogen-bond donors (Lipinski definition) is 2. The molecule has 1 amide bonds. The zero-order valence-electron chi connectivity index (χ0n) is 10.6. The van der Waals surface area contributed by atoms with Crippen LogP contribution in [0, 0.1) is 0 Å². The average Bonchev–Trinajstić information content (AvgIpc) is 2.25. The van der Waals surface area contributed by atoms with Crippen molar-refractivity contribution in [3.05, 3.63) is 0 Å². The molecule has 0 radical (unpaired) electrons. The van der Waals surface area contributed by atoms with Gasteiger partial charge in [0.1, 0.15) is 6.42 Å². The Balaban J connectivity index is 2.21. The van der Waals surface area contributed by atoms with Gasteiger partial charge in [0.15, 0.2) is 0 Å². The normalized spacial score (nSPS) is 24.9. The molecule has 0 heterocycles. The first-order valence-electron chi connectivity index (χ1n) is 6.50. The van der Waals surface area contributed by atoms with E-state index in [0.29, 0.717) is 6.04 Å². The van der Waals surface area contributed by atoms with E-state index in [1.807, 2.05) is 0 Å². The molecule has 0 saturated heterocycles. The van der Waals surface area contributed by atoms with Crippen molar-refractivity contribution in [2.75, 3.05) is 6.54 Å². The summed E-state index contributed by atoms with van der Waals surface area (Å²) in [6, 6.07) is 0.347. The quantitative estimate of drug-likeness (QED) is 0.802. The standard InChI is InChI=1S/C12H21F3N2O/c1-2-7-16-9-3-5-10(6-4-9)17-11(18)8-12(13,14)15/h9-10,16H,2-8H2,1H3,(H,17,18). The first-order chi connectivity index (χ1) is 8.40. The highest BCUT2D eigenvalue weighted by Gasteiger charge is 2.32. The minimum absolute atomic E-state index is 0.0977. The van der Waals surface area contributed by atoms with Crippen molar-refractivity contribution in [1.82, 2.24) is 10.6 Å². The van der Waals surface area contributed by atoms with Gasteiger partial charge in [-0.3, -0.25) is 4.79 Å². The first-order valence-corrected chi connectivity index (χ1v) is 6.50. The lowest BCUT2D eigenvalue weighted by Crippen LogP contribution is -2.43. The van der Waals surface area contributed by atoms with Crippen molar-refractivity contribution in [3.63, 3.8) is 0 Å². The Morgan fingerprint density at radius 3 is 2.22 bits per heavy atom. The smallest absolute Gasteiger partial charge is 0.353 e. The summed E-state index contributed by atoms with van der Waals surface area (Å²) in [5, 5.41) is 5.86. The zero-order chi connectivity index (χ0) is 13.6. The summed E-state index contributed by atoms with van der Waals surface area (Å²) in [5.74, 6) is -0.910. The molecule has 0 atom stereocenters. The van der Waals surface area contributed by atoms with Gasteiger partial charge in [0, 0.05) is 12.1 Å². The van der Waals surface area contributed by atoms with Gasteiger partial charge in [-0.1, -0.05) is 6.92 Å². The Morgan fingerprint density at radius 2 is 1.72 bits per heavy atom. The van der Waals surface area contributed by atoms with Crippen molar-refractivity contribution >= 4 is 5.91 Å². The molecule has 3 nitrogen and oxygen atoms in total. The molecule has 0 aromatic rings. The number of rotatable bonds is 5. The third-order valence-electron chi connectivity index (χ3n) is 3.14. The molecule has 0 aromatic carbocycles.